The minimum atomic E-state index is -3.28. The van der Waals surface area contributed by atoms with Crippen molar-refractivity contribution in [3.63, 3.8) is 0 Å². The van der Waals surface area contributed by atoms with Crippen molar-refractivity contribution in [3.8, 4) is 0 Å². The summed E-state index contributed by atoms with van der Waals surface area (Å²) < 4.78 is 26.3. The molecule has 0 unspecified atom stereocenters. The number of nitrogens with one attached hydrogen (secondary N) is 1. The van der Waals surface area contributed by atoms with Crippen molar-refractivity contribution in [2.24, 2.45) is 11.1 Å². The minimum Gasteiger partial charge on any atom is -0.369 e. The molecule has 0 radical (unpaired) electrons. The van der Waals surface area contributed by atoms with Crippen LogP contribution in [0.1, 0.15) is 30.4 Å². The number of amides is 1. The van der Waals surface area contributed by atoms with Gasteiger partial charge >= 0.3 is 0 Å². The topological polar surface area (TPSA) is 89.3 Å². The molecule has 1 aliphatic rings. The lowest BCUT2D eigenvalue weighted by molar-refractivity contribution is -0.127. The Morgan fingerprint density at radius 3 is 2.73 bits per heavy atom. The first-order valence-electron chi connectivity index (χ1n) is 7.13. The first-order valence-corrected chi connectivity index (χ1v) is 9.82. The molecule has 0 bridgehead atoms. The van der Waals surface area contributed by atoms with Gasteiger partial charge in [-0.1, -0.05) is 28.1 Å². The lowest BCUT2D eigenvalue weighted by Gasteiger charge is -2.26. The van der Waals surface area contributed by atoms with Gasteiger partial charge in [-0.05, 0) is 49.8 Å². The smallest absolute Gasteiger partial charge is 0.224 e. The molecule has 3 N–H and O–H groups in total. The normalized spacial score (nSPS) is 25.3. The van der Waals surface area contributed by atoms with Crippen LogP contribution in [0, 0.1) is 12.3 Å². The van der Waals surface area contributed by atoms with Crippen molar-refractivity contribution in [2.75, 3.05) is 6.26 Å². The summed E-state index contributed by atoms with van der Waals surface area (Å²) in [5.41, 5.74) is 7.11. The highest BCUT2D eigenvalue weighted by Crippen LogP contribution is 2.41. The van der Waals surface area contributed by atoms with Crippen molar-refractivity contribution in [2.45, 2.75) is 38.6 Å². The highest BCUT2D eigenvalue weighted by molar-refractivity contribution is 9.10. The summed E-state index contributed by atoms with van der Waals surface area (Å²) in [6.07, 6.45) is 3.34. The third-order valence-electron chi connectivity index (χ3n) is 4.29. The standard InChI is InChI=1S/C15H21BrN2O3S/c1-10-3-4-11(7-13(10)16)8-15(14(17)19)6-5-12(9-15)18-22(2,20)21/h3-4,7,12,18H,5-6,8-9H2,1-2H3,(H2,17,19)/t12-,15+/m0/s1. The molecule has 1 aliphatic carbocycles. The Hall–Kier alpha value is -0.920. The van der Waals surface area contributed by atoms with E-state index in [1.807, 2.05) is 25.1 Å². The highest BCUT2D eigenvalue weighted by Gasteiger charge is 2.44. The van der Waals surface area contributed by atoms with Gasteiger partial charge in [0, 0.05) is 10.5 Å². The third-order valence-corrected chi connectivity index (χ3v) is 5.91. The minimum absolute atomic E-state index is 0.226. The average molecular weight is 389 g/mol. The van der Waals surface area contributed by atoms with Crippen LogP contribution in [0.2, 0.25) is 0 Å². The number of nitrogens with two attached hydrogens (primary N) is 1. The van der Waals surface area contributed by atoms with Crippen LogP contribution in [-0.4, -0.2) is 26.6 Å². The molecule has 5 nitrogen and oxygen atoms in total. The fourth-order valence-electron chi connectivity index (χ4n) is 3.14. The molecule has 0 spiro atoms. The molecule has 0 aromatic heterocycles. The fraction of sp³-hybridized carbons (Fsp3) is 0.533. The van der Waals surface area contributed by atoms with Crippen LogP contribution in [-0.2, 0) is 21.2 Å². The van der Waals surface area contributed by atoms with Gasteiger partial charge in [0.2, 0.25) is 15.9 Å². The Balaban J connectivity index is 2.20. The fourth-order valence-corrected chi connectivity index (χ4v) is 4.37. The van der Waals surface area contributed by atoms with Crippen LogP contribution in [0.5, 0.6) is 0 Å². The summed E-state index contributed by atoms with van der Waals surface area (Å²) in [5, 5.41) is 0. The zero-order chi connectivity index (χ0) is 16.5. The second-order valence-electron chi connectivity index (χ2n) is 6.23. The number of hydrogen-bond acceptors (Lipinski definition) is 3. The van der Waals surface area contributed by atoms with Crippen molar-refractivity contribution in [3.05, 3.63) is 33.8 Å². The number of aryl methyl sites for hydroxylation is 1. The molecule has 2 rings (SSSR count). The molecule has 0 heterocycles. The Morgan fingerprint density at radius 1 is 1.50 bits per heavy atom. The number of halogens is 1. The Bertz CT molecular complexity index is 690. The molecular weight excluding hydrogens is 368 g/mol. The van der Waals surface area contributed by atoms with Crippen molar-refractivity contribution < 1.29 is 13.2 Å². The maximum absolute atomic E-state index is 12.0. The number of carbonyl (C=O) groups is 1. The van der Waals surface area contributed by atoms with Gasteiger partial charge in [0.15, 0.2) is 0 Å². The first-order chi connectivity index (χ1) is 10.1. The van der Waals surface area contributed by atoms with Gasteiger partial charge in [-0.25, -0.2) is 13.1 Å². The predicted molar refractivity (Wildman–Crippen MR) is 89.8 cm³/mol. The zero-order valence-electron chi connectivity index (χ0n) is 12.7. The summed E-state index contributed by atoms with van der Waals surface area (Å²) in [7, 11) is -3.28. The van der Waals surface area contributed by atoms with Crippen molar-refractivity contribution in [1.82, 2.24) is 4.72 Å². The van der Waals surface area contributed by atoms with E-state index in [1.54, 1.807) is 0 Å². The molecule has 122 valence electrons. The third kappa shape index (κ3) is 4.08. The van der Waals surface area contributed by atoms with Crippen LogP contribution in [0.25, 0.3) is 0 Å². The molecule has 0 saturated heterocycles. The number of hydrogen-bond donors (Lipinski definition) is 2. The number of primary amides is 1. The molecule has 1 aromatic rings. The van der Waals surface area contributed by atoms with Gasteiger partial charge < -0.3 is 5.73 Å². The summed E-state index contributed by atoms with van der Waals surface area (Å²) in [5.74, 6) is -0.359. The van der Waals surface area contributed by atoms with E-state index >= 15 is 0 Å². The molecule has 1 aromatic carbocycles. The number of sulfonamides is 1. The molecule has 7 heteroatoms. The molecule has 1 saturated carbocycles. The molecular formula is C15H21BrN2O3S. The molecule has 0 aliphatic heterocycles. The largest absolute Gasteiger partial charge is 0.369 e. The van der Waals surface area contributed by atoms with Gasteiger partial charge in [-0.15, -0.1) is 0 Å². The SMILES string of the molecule is Cc1ccc(C[C@]2(C(N)=O)CC[C@H](NS(C)(=O)=O)C2)cc1Br. The van der Waals surface area contributed by atoms with Crippen LogP contribution < -0.4 is 10.5 Å². The Morgan fingerprint density at radius 2 is 2.18 bits per heavy atom. The Labute approximate surface area is 139 Å². The van der Waals surface area contributed by atoms with Gasteiger partial charge in [0.05, 0.1) is 11.7 Å². The van der Waals surface area contributed by atoms with Crippen LogP contribution in [0.4, 0.5) is 0 Å². The maximum Gasteiger partial charge on any atom is 0.224 e. The van der Waals surface area contributed by atoms with Crippen LogP contribution >= 0.6 is 15.9 Å². The van der Waals surface area contributed by atoms with E-state index in [9.17, 15) is 13.2 Å². The summed E-state index contributed by atoms with van der Waals surface area (Å²) >= 11 is 3.49. The number of benzene rings is 1. The van der Waals surface area contributed by atoms with Gasteiger partial charge in [-0.2, -0.15) is 0 Å². The second-order valence-corrected chi connectivity index (χ2v) is 8.87. The van der Waals surface area contributed by atoms with Gasteiger partial charge in [0.1, 0.15) is 0 Å². The van der Waals surface area contributed by atoms with Gasteiger partial charge in [-0.3, -0.25) is 4.79 Å². The summed E-state index contributed by atoms with van der Waals surface area (Å²) in [4.78, 5) is 12.0. The van der Waals surface area contributed by atoms with Crippen LogP contribution in [0.3, 0.4) is 0 Å². The van der Waals surface area contributed by atoms with E-state index in [-0.39, 0.29) is 11.9 Å². The number of carbonyl (C=O) groups excluding carboxylic acids is 1. The first kappa shape index (κ1) is 17.4. The average Bonchev–Trinajstić information content (AvgIpc) is 2.76. The van der Waals surface area contributed by atoms with E-state index in [1.165, 1.54) is 0 Å². The maximum atomic E-state index is 12.0. The van der Waals surface area contributed by atoms with E-state index in [4.69, 9.17) is 5.73 Å². The quantitative estimate of drug-likeness (QED) is 0.806. The highest BCUT2D eigenvalue weighted by atomic mass is 79.9. The zero-order valence-corrected chi connectivity index (χ0v) is 15.1. The second kappa shape index (κ2) is 6.29. The predicted octanol–water partition coefficient (Wildman–Crippen LogP) is 1.87. The molecule has 2 atom stereocenters. The lowest BCUT2D eigenvalue weighted by atomic mass is 9.79. The molecule has 22 heavy (non-hydrogen) atoms. The molecule has 1 fully saturated rings. The summed E-state index contributed by atoms with van der Waals surface area (Å²) in [6, 6.07) is 5.76. The van der Waals surface area contributed by atoms with Gasteiger partial charge in [0.25, 0.3) is 0 Å². The van der Waals surface area contributed by atoms with E-state index in [0.29, 0.717) is 25.7 Å². The van der Waals surface area contributed by atoms with E-state index in [2.05, 4.69) is 20.7 Å². The lowest BCUT2D eigenvalue weighted by Crippen LogP contribution is -2.40. The summed E-state index contributed by atoms with van der Waals surface area (Å²) in [6.45, 7) is 2.00. The van der Waals surface area contributed by atoms with Crippen LogP contribution in [0.15, 0.2) is 22.7 Å². The van der Waals surface area contributed by atoms with E-state index < -0.39 is 15.4 Å². The van der Waals surface area contributed by atoms with E-state index in [0.717, 1.165) is 21.9 Å². The molecule has 1 amide bonds. The van der Waals surface area contributed by atoms with Crippen molar-refractivity contribution in [1.29, 1.82) is 0 Å². The monoisotopic (exact) mass is 388 g/mol. The Kier molecular flexibility index (Phi) is 4.99. The number of rotatable bonds is 5. The van der Waals surface area contributed by atoms with Crippen molar-refractivity contribution >= 4 is 31.9 Å².